The molecular formula is C17H14FNO2. The van der Waals surface area contributed by atoms with E-state index in [2.05, 4.69) is 17.2 Å². The first-order valence-electron chi connectivity index (χ1n) is 6.38. The molecule has 0 aliphatic carbocycles. The first kappa shape index (κ1) is 14.8. The molecule has 0 aliphatic heterocycles. The number of hydrogen-bond acceptors (Lipinski definition) is 2. The number of carbonyl (C=O) groups is 1. The van der Waals surface area contributed by atoms with Crippen molar-refractivity contribution < 1.29 is 14.3 Å². The van der Waals surface area contributed by atoms with Crippen LogP contribution in [0.5, 0.6) is 0 Å². The number of anilines is 1. The van der Waals surface area contributed by atoms with Crippen molar-refractivity contribution in [2.75, 3.05) is 11.9 Å². The topological polar surface area (TPSA) is 49.3 Å². The van der Waals surface area contributed by atoms with Gasteiger partial charge < -0.3 is 10.4 Å². The van der Waals surface area contributed by atoms with Crippen LogP contribution in [0.1, 0.15) is 21.5 Å². The second-order valence-electron chi connectivity index (χ2n) is 4.40. The van der Waals surface area contributed by atoms with Gasteiger partial charge in [0.15, 0.2) is 0 Å². The van der Waals surface area contributed by atoms with Gasteiger partial charge in [-0.25, -0.2) is 4.39 Å². The van der Waals surface area contributed by atoms with Gasteiger partial charge in [-0.15, -0.1) is 0 Å². The predicted octanol–water partition coefficient (Wildman–Crippen LogP) is 2.73. The Morgan fingerprint density at radius 2 is 1.95 bits per heavy atom. The number of amides is 1. The molecule has 0 aliphatic rings. The zero-order valence-corrected chi connectivity index (χ0v) is 11.5. The molecule has 0 spiro atoms. The van der Waals surface area contributed by atoms with Crippen molar-refractivity contribution in [1.82, 2.24) is 0 Å². The van der Waals surface area contributed by atoms with Crippen LogP contribution in [-0.4, -0.2) is 17.6 Å². The van der Waals surface area contributed by atoms with Gasteiger partial charge in [-0.05, 0) is 48.9 Å². The van der Waals surface area contributed by atoms with E-state index >= 15 is 0 Å². The van der Waals surface area contributed by atoms with Crippen LogP contribution in [0.15, 0.2) is 42.5 Å². The van der Waals surface area contributed by atoms with Crippen molar-refractivity contribution in [2.45, 2.75) is 6.92 Å². The molecule has 0 atom stereocenters. The van der Waals surface area contributed by atoms with Crippen molar-refractivity contribution in [2.24, 2.45) is 0 Å². The molecule has 0 radical (unpaired) electrons. The predicted molar refractivity (Wildman–Crippen MR) is 79.5 cm³/mol. The lowest BCUT2D eigenvalue weighted by Gasteiger charge is -2.09. The molecule has 4 heteroatoms. The monoisotopic (exact) mass is 283 g/mol. The standard InChI is InChI=1S/C17H14FNO2/c1-12-13(5-3-11-20)4-2-6-16(12)17(21)19-15-9-7-14(18)8-10-15/h2,4,6-10,20H,11H2,1H3,(H,19,21). The minimum Gasteiger partial charge on any atom is -0.384 e. The molecule has 0 unspecified atom stereocenters. The van der Waals surface area contributed by atoms with Gasteiger partial charge in [0.2, 0.25) is 0 Å². The third-order valence-corrected chi connectivity index (χ3v) is 2.98. The minimum absolute atomic E-state index is 0.231. The van der Waals surface area contributed by atoms with Crippen molar-refractivity contribution in [3.63, 3.8) is 0 Å². The Bertz CT molecular complexity index is 712. The molecule has 0 bridgehead atoms. The number of hydrogen-bond donors (Lipinski definition) is 2. The van der Waals surface area contributed by atoms with Crippen LogP contribution in [0.4, 0.5) is 10.1 Å². The molecular weight excluding hydrogens is 269 g/mol. The van der Waals surface area contributed by atoms with Gasteiger partial charge in [0.1, 0.15) is 12.4 Å². The summed E-state index contributed by atoms with van der Waals surface area (Å²) in [5, 5.41) is 11.4. The average Bonchev–Trinajstić information content (AvgIpc) is 2.48. The van der Waals surface area contributed by atoms with Crippen molar-refractivity contribution in [1.29, 1.82) is 0 Å². The maximum absolute atomic E-state index is 12.8. The highest BCUT2D eigenvalue weighted by Crippen LogP contribution is 2.16. The average molecular weight is 283 g/mol. The van der Waals surface area contributed by atoms with Gasteiger partial charge in [-0.3, -0.25) is 4.79 Å². The Kier molecular flexibility index (Phi) is 4.70. The van der Waals surface area contributed by atoms with Gasteiger partial charge in [0, 0.05) is 16.8 Å². The van der Waals surface area contributed by atoms with Gasteiger partial charge in [-0.1, -0.05) is 17.9 Å². The normalized spacial score (nSPS) is 9.67. The Morgan fingerprint density at radius 3 is 2.62 bits per heavy atom. The smallest absolute Gasteiger partial charge is 0.255 e. The summed E-state index contributed by atoms with van der Waals surface area (Å²) >= 11 is 0. The van der Waals surface area contributed by atoms with Crippen LogP contribution < -0.4 is 5.32 Å². The fourth-order valence-electron chi connectivity index (χ4n) is 1.88. The Labute approximate surface area is 122 Å². The van der Waals surface area contributed by atoms with E-state index in [9.17, 15) is 9.18 Å². The quantitative estimate of drug-likeness (QED) is 0.833. The zero-order chi connectivity index (χ0) is 15.2. The molecule has 21 heavy (non-hydrogen) atoms. The summed E-state index contributed by atoms with van der Waals surface area (Å²) < 4.78 is 12.8. The highest BCUT2D eigenvalue weighted by molar-refractivity contribution is 6.05. The molecule has 1 amide bonds. The molecule has 3 nitrogen and oxygen atoms in total. The van der Waals surface area contributed by atoms with E-state index in [-0.39, 0.29) is 18.3 Å². The number of aliphatic hydroxyl groups excluding tert-OH is 1. The molecule has 2 aromatic carbocycles. The second-order valence-corrected chi connectivity index (χ2v) is 4.40. The van der Waals surface area contributed by atoms with Crippen LogP contribution in [0.2, 0.25) is 0 Å². The Morgan fingerprint density at radius 1 is 1.24 bits per heavy atom. The number of aliphatic hydroxyl groups is 1. The van der Waals surface area contributed by atoms with Gasteiger partial charge in [0.05, 0.1) is 0 Å². The van der Waals surface area contributed by atoms with E-state index in [1.54, 1.807) is 25.1 Å². The lowest BCUT2D eigenvalue weighted by Crippen LogP contribution is -2.13. The fraction of sp³-hybridized carbons (Fsp3) is 0.118. The minimum atomic E-state index is -0.356. The first-order valence-corrected chi connectivity index (χ1v) is 6.38. The Hall–Kier alpha value is -2.64. The van der Waals surface area contributed by atoms with E-state index in [0.717, 1.165) is 5.56 Å². The molecule has 2 N–H and O–H groups in total. The highest BCUT2D eigenvalue weighted by atomic mass is 19.1. The van der Waals surface area contributed by atoms with Gasteiger partial charge in [0.25, 0.3) is 5.91 Å². The number of benzene rings is 2. The molecule has 0 saturated carbocycles. The van der Waals surface area contributed by atoms with Crippen LogP contribution in [-0.2, 0) is 0 Å². The number of rotatable bonds is 2. The summed E-state index contributed by atoms with van der Waals surface area (Å²) in [6, 6.07) is 10.8. The first-order chi connectivity index (χ1) is 10.1. The third-order valence-electron chi connectivity index (χ3n) is 2.98. The van der Waals surface area contributed by atoms with E-state index in [0.29, 0.717) is 16.8 Å². The molecule has 0 heterocycles. The largest absolute Gasteiger partial charge is 0.384 e. The van der Waals surface area contributed by atoms with Crippen molar-refractivity contribution in [3.8, 4) is 11.8 Å². The van der Waals surface area contributed by atoms with Crippen LogP contribution in [0, 0.1) is 24.6 Å². The fourth-order valence-corrected chi connectivity index (χ4v) is 1.88. The summed E-state index contributed by atoms with van der Waals surface area (Å²) in [7, 11) is 0. The van der Waals surface area contributed by atoms with E-state index < -0.39 is 0 Å². The zero-order valence-electron chi connectivity index (χ0n) is 11.5. The van der Waals surface area contributed by atoms with Gasteiger partial charge in [-0.2, -0.15) is 0 Å². The SMILES string of the molecule is Cc1c(C#CCO)cccc1C(=O)Nc1ccc(F)cc1. The van der Waals surface area contributed by atoms with Crippen LogP contribution in [0.3, 0.4) is 0 Å². The number of nitrogens with one attached hydrogen (secondary N) is 1. The number of carbonyl (C=O) groups excluding carboxylic acids is 1. The maximum Gasteiger partial charge on any atom is 0.255 e. The highest BCUT2D eigenvalue weighted by Gasteiger charge is 2.11. The third kappa shape index (κ3) is 3.68. The van der Waals surface area contributed by atoms with E-state index in [1.807, 2.05) is 0 Å². The lowest BCUT2D eigenvalue weighted by molar-refractivity contribution is 0.102. The van der Waals surface area contributed by atoms with E-state index in [1.165, 1.54) is 24.3 Å². The van der Waals surface area contributed by atoms with E-state index in [4.69, 9.17) is 5.11 Å². The summed E-state index contributed by atoms with van der Waals surface area (Å²) in [5.41, 5.74) is 2.44. The summed E-state index contributed by atoms with van der Waals surface area (Å²) in [6.45, 7) is 1.56. The Balaban J connectivity index is 2.25. The summed E-state index contributed by atoms with van der Waals surface area (Å²) in [6.07, 6.45) is 0. The molecule has 2 rings (SSSR count). The van der Waals surface area contributed by atoms with Crippen LogP contribution in [0.25, 0.3) is 0 Å². The lowest BCUT2D eigenvalue weighted by atomic mass is 10.0. The van der Waals surface area contributed by atoms with Gasteiger partial charge >= 0.3 is 0 Å². The van der Waals surface area contributed by atoms with Crippen molar-refractivity contribution >= 4 is 11.6 Å². The second kappa shape index (κ2) is 6.69. The molecule has 106 valence electrons. The van der Waals surface area contributed by atoms with Crippen molar-refractivity contribution in [3.05, 3.63) is 65.0 Å². The van der Waals surface area contributed by atoms with Crippen LogP contribution >= 0.6 is 0 Å². The molecule has 0 saturated heterocycles. The maximum atomic E-state index is 12.8. The summed E-state index contributed by atoms with van der Waals surface area (Å²) in [4.78, 5) is 12.2. The molecule has 0 aromatic heterocycles. The number of halogens is 1. The summed E-state index contributed by atoms with van der Waals surface area (Å²) in [5.74, 6) is 4.72. The molecule has 2 aromatic rings. The molecule has 0 fully saturated rings.